The van der Waals surface area contributed by atoms with Gasteiger partial charge in [0.05, 0.1) is 11.6 Å². The van der Waals surface area contributed by atoms with Gasteiger partial charge in [0, 0.05) is 19.6 Å². The Hall–Kier alpha value is -2.15. The van der Waals surface area contributed by atoms with Gasteiger partial charge in [0.15, 0.2) is 0 Å². The van der Waals surface area contributed by atoms with E-state index in [0.29, 0.717) is 5.56 Å². The van der Waals surface area contributed by atoms with Crippen molar-refractivity contribution in [2.24, 2.45) is 0 Å². The number of rotatable bonds is 6. The maximum Gasteiger partial charge on any atom is 0.0991 e. The highest BCUT2D eigenvalue weighted by atomic mass is 15.1. The third-order valence-corrected chi connectivity index (χ3v) is 4.62. The third-order valence-electron chi connectivity index (χ3n) is 4.62. The Balaban J connectivity index is 1.44. The van der Waals surface area contributed by atoms with Crippen LogP contribution in [0.15, 0.2) is 48.5 Å². The van der Waals surface area contributed by atoms with Crippen LogP contribution in [-0.4, -0.2) is 18.0 Å². The van der Waals surface area contributed by atoms with E-state index in [2.05, 4.69) is 40.6 Å². The van der Waals surface area contributed by atoms with Gasteiger partial charge in [-0.1, -0.05) is 42.8 Å². The maximum atomic E-state index is 8.81. The fourth-order valence-electron chi connectivity index (χ4n) is 3.19. The molecule has 1 N–H and O–H groups in total. The SMILES string of the molecule is N#Cc1ccc(CNCc2ccc(CN3CCCCC3)cc2)cc1. The van der Waals surface area contributed by atoms with Crippen molar-refractivity contribution < 1.29 is 0 Å². The molecule has 1 saturated heterocycles. The largest absolute Gasteiger partial charge is 0.309 e. The maximum absolute atomic E-state index is 8.81. The monoisotopic (exact) mass is 319 g/mol. The van der Waals surface area contributed by atoms with Crippen LogP contribution in [0.5, 0.6) is 0 Å². The summed E-state index contributed by atoms with van der Waals surface area (Å²) in [5.74, 6) is 0. The highest BCUT2D eigenvalue weighted by Gasteiger charge is 2.10. The molecule has 1 heterocycles. The Kier molecular flexibility index (Phi) is 6.01. The van der Waals surface area contributed by atoms with Crippen molar-refractivity contribution in [2.45, 2.75) is 38.9 Å². The van der Waals surface area contributed by atoms with Crippen LogP contribution in [0.1, 0.15) is 41.5 Å². The first-order chi connectivity index (χ1) is 11.8. The van der Waals surface area contributed by atoms with Crippen molar-refractivity contribution in [2.75, 3.05) is 13.1 Å². The summed E-state index contributed by atoms with van der Waals surface area (Å²) in [7, 11) is 0. The zero-order valence-electron chi connectivity index (χ0n) is 14.2. The van der Waals surface area contributed by atoms with Gasteiger partial charge in [-0.25, -0.2) is 0 Å². The fraction of sp³-hybridized carbons (Fsp3) is 0.381. The minimum Gasteiger partial charge on any atom is -0.309 e. The van der Waals surface area contributed by atoms with Gasteiger partial charge < -0.3 is 5.32 Å². The summed E-state index contributed by atoms with van der Waals surface area (Å²) in [6.07, 6.45) is 4.08. The van der Waals surface area contributed by atoms with Gasteiger partial charge in [-0.15, -0.1) is 0 Å². The molecule has 124 valence electrons. The van der Waals surface area contributed by atoms with E-state index in [0.717, 1.165) is 19.6 Å². The number of hydrogen-bond acceptors (Lipinski definition) is 3. The van der Waals surface area contributed by atoms with E-state index in [1.54, 1.807) is 0 Å². The number of likely N-dealkylation sites (tertiary alicyclic amines) is 1. The summed E-state index contributed by atoms with van der Waals surface area (Å²) in [4.78, 5) is 2.56. The molecule has 2 aromatic rings. The van der Waals surface area contributed by atoms with Gasteiger partial charge in [-0.05, 0) is 54.8 Å². The number of nitrogens with zero attached hydrogens (tertiary/aromatic N) is 2. The van der Waals surface area contributed by atoms with Crippen LogP contribution in [0, 0.1) is 11.3 Å². The van der Waals surface area contributed by atoms with Gasteiger partial charge >= 0.3 is 0 Å². The van der Waals surface area contributed by atoms with Crippen LogP contribution in [0.25, 0.3) is 0 Å². The average Bonchev–Trinajstić information content (AvgIpc) is 2.65. The van der Waals surface area contributed by atoms with Crippen molar-refractivity contribution in [3.8, 4) is 6.07 Å². The molecule has 0 radical (unpaired) electrons. The van der Waals surface area contributed by atoms with Gasteiger partial charge in [0.25, 0.3) is 0 Å². The average molecular weight is 319 g/mol. The molecule has 3 heteroatoms. The molecule has 0 atom stereocenters. The Morgan fingerprint density at radius 3 is 1.92 bits per heavy atom. The quantitative estimate of drug-likeness (QED) is 0.879. The summed E-state index contributed by atoms with van der Waals surface area (Å²) in [5, 5.41) is 12.3. The van der Waals surface area contributed by atoms with Crippen molar-refractivity contribution in [3.05, 3.63) is 70.8 Å². The van der Waals surface area contributed by atoms with Gasteiger partial charge in [0.2, 0.25) is 0 Å². The molecule has 0 bridgehead atoms. The highest BCUT2D eigenvalue weighted by Crippen LogP contribution is 2.13. The van der Waals surface area contributed by atoms with Crippen molar-refractivity contribution >= 4 is 0 Å². The number of nitrogens with one attached hydrogen (secondary N) is 1. The Labute approximate surface area is 144 Å². The molecule has 0 aliphatic carbocycles. The van der Waals surface area contributed by atoms with Crippen LogP contribution >= 0.6 is 0 Å². The van der Waals surface area contributed by atoms with E-state index in [-0.39, 0.29) is 0 Å². The molecule has 3 rings (SSSR count). The lowest BCUT2D eigenvalue weighted by atomic mass is 10.1. The molecule has 0 spiro atoms. The summed E-state index contributed by atoms with van der Waals surface area (Å²) in [6, 6.07) is 18.9. The van der Waals surface area contributed by atoms with E-state index >= 15 is 0 Å². The normalized spacial score (nSPS) is 15.1. The van der Waals surface area contributed by atoms with Crippen LogP contribution in [0.3, 0.4) is 0 Å². The zero-order chi connectivity index (χ0) is 16.6. The minimum atomic E-state index is 0.711. The summed E-state index contributed by atoms with van der Waals surface area (Å²) < 4.78 is 0. The Bertz CT molecular complexity index is 662. The predicted molar refractivity (Wildman–Crippen MR) is 97.3 cm³/mol. The van der Waals surface area contributed by atoms with Crippen molar-refractivity contribution in [1.29, 1.82) is 5.26 Å². The minimum absolute atomic E-state index is 0.711. The second kappa shape index (κ2) is 8.63. The number of benzene rings is 2. The van der Waals surface area contributed by atoms with Crippen LogP contribution in [0.2, 0.25) is 0 Å². The molecule has 24 heavy (non-hydrogen) atoms. The Morgan fingerprint density at radius 2 is 1.33 bits per heavy atom. The van der Waals surface area contributed by atoms with E-state index in [4.69, 9.17) is 5.26 Å². The molecule has 3 nitrogen and oxygen atoms in total. The predicted octanol–water partition coefficient (Wildman–Crippen LogP) is 3.83. The van der Waals surface area contributed by atoms with E-state index < -0.39 is 0 Å². The topological polar surface area (TPSA) is 39.1 Å². The molecule has 0 unspecified atom stereocenters. The molecule has 1 aliphatic heterocycles. The van der Waals surface area contributed by atoms with Crippen LogP contribution < -0.4 is 5.32 Å². The fourth-order valence-corrected chi connectivity index (χ4v) is 3.19. The smallest absolute Gasteiger partial charge is 0.0991 e. The molecule has 1 aliphatic rings. The molecule has 2 aromatic carbocycles. The molecule has 1 fully saturated rings. The van der Waals surface area contributed by atoms with Crippen LogP contribution in [0.4, 0.5) is 0 Å². The van der Waals surface area contributed by atoms with Gasteiger partial charge in [0.1, 0.15) is 0 Å². The van der Waals surface area contributed by atoms with Gasteiger partial charge in [-0.3, -0.25) is 4.90 Å². The Morgan fingerprint density at radius 1 is 0.792 bits per heavy atom. The molecule has 0 saturated carbocycles. The van der Waals surface area contributed by atoms with E-state index in [1.165, 1.54) is 49.0 Å². The standard InChI is InChI=1S/C21H25N3/c22-14-18-4-6-19(7-5-18)15-23-16-20-8-10-21(11-9-20)17-24-12-2-1-3-13-24/h4-11,23H,1-3,12-13,15-17H2. The molecule has 0 amide bonds. The molecule has 0 aromatic heterocycles. The summed E-state index contributed by atoms with van der Waals surface area (Å²) in [6.45, 7) is 5.26. The lowest BCUT2D eigenvalue weighted by Gasteiger charge is -2.26. The lowest BCUT2D eigenvalue weighted by Crippen LogP contribution is -2.29. The number of hydrogen-bond donors (Lipinski definition) is 1. The first-order valence-electron chi connectivity index (χ1n) is 8.83. The second-order valence-electron chi connectivity index (χ2n) is 6.57. The van der Waals surface area contributed by atoms with E-state index in [9.17, 15) is 0 Å². The molecular weight excluding hydrogens is 294 g/mol. The summed E-state index contributed by atoms with van der Waals surface area (Å²) >= 11 is 0. The highest BCUT2D eigenvalue weighted by molar-refractivity contribution is 5.31. The lowest BCUT2D eigenvalue weighted by molar-refractivity contribution is 0.221. The van der Waals surface area contributed by atoms with Gasteiger partial charge in [-0.2, -0.15) is 5.26 Å². The second-order valence-corrected chi connectivity index (χ2v) is 6.57. The first-order valence-corrected chi connectivity index (χ1v) is 8.83. The summed E-state index contributed by atoms with van der Waals surface area (Å²) in [5.41, 5.74) is 4.64. The van der Waals surface area contributed by atoms with E-state index in [1.807, 2.05) is 24.3 Å². The van der Waals surface area contributed by atoms with Crippen molar-refractivity contribution in [1.82, 2.24) is 10.2 Å². The first kappa shape index (κ1) is 16.7. The number of nitriles is 1. The molecular formula is C21H25N3. The zero-order valence-corrected chi connectivity index (χ0v) is 14.2. The van der Waals surface area contributed by atoms with Crippen molar-refractivity contribution in [3.63, 3.8) is 0 Å². The third kappa shape index (κ3) is 4.92. The number of piperidine rings is 1. The van der Waals surface area contributed by atoms with Crippen LogP contribution in [-0.2, 0) is 19.6 Å².